The number of pyridine rings is 2. The summed E-state index contributed by atoms with van der Waals surface area (Å²) in [6.07, 6.45) is 4.14. The second-order valence-corrected chi connectivity index (χ2v) is 13.9. The summed E-state index contributed by atoms with van der Waals surface area (Å²) in [5.41, 5.74) is 5.78. The summed E-state index contributed by atoms with van der Waals surface area (Å²) < 4.78 is 13.0. The van der Waals surface area contributed by atoms with Crippen LogP contribution in [0.4, 0.5) is 21.1 Å². The van der Waals surface area contributed by atoms with Gasteiger partial charge in [-0.3, -0.25) is 4.79 Å². The van der Waals surface area contributed by atoms with E-state index >= 15 is 0 Å². The highest BCUT2D eigenvalue weighted by Crippen LogP contribution is 2.40. The molecule has 0 saturated heterocycles. The maximum absolute atomic E-state index is 13.9. The Hall–Kier alpha value is -4.93. The second-order valence-electron chi connectivity index (χ2n) is 13.9. The number of fused-ring (bicyclic) bond motifs is 3. The molecule has 11 nitrogen and oxygen atoms in total. The molecule has 3 aromatic heterocycles. The first-order valence-electron chi connectivity index (χ1n) is 15.6. The van der Waals surface area contributed by atoms with Gasteiger partial charge in [-0.2, -0.15) is 5.10 Å². The predicted molar refractivity (Wildman–Crippen MR) is 174 cm³/mol. The molecule has 1 aromatic carbocycles. The quantitative estimate of drug-likeness (QED) is 0.258. The number of aromatic nitrogens is 3. The van der Waals surface area contributed by atoms with E-state index < -0.39 is 23.2 Å². The van der Waals surface area contributed by atoms with Crippen molar-refractivity contribution in [1.29, 1.82) is 0 Å². The van der Waals surface area contributed by atoms with Crippen molar-refractivity contribution in [1.82, 2.24) is 24.4 Å². The molecule has 46 heavy (non-hydrogen) atoms. The minimum atomic E-state index is -0.763. The third-order valence-electron chi connectivity index (χ3n) is 7.84. The Balaban J connectivity index is 1.35. The van der Waals surface area contributed by atoms with Gasteiger partial charge in [0.05, 0.1) is 36.1 Å². The van der Waals surface area contributed by atoms with Crippen LogP contribution in [0.2, 0.25) is 0 Å². The van der Waals surface area contributed by atoms with Gasteiger partial charge < -0.3 is 19.7 Å². The normalized spacial score (nSPS) is 15.0. The summed E-state index contributed by atoms with van der Waals surface area (Å²) in [6.45, 7) is 13.9. The lowest BCUT2D eigenvalue weighted by Gasteiger charge is -2.26. The molecule has 2 aliphatic rings. The van der Waals surface area contributed by atoms with Gasteiger partial charge in [0.25, 0.3) is 5.91 Å². The second kappa shape index (κ2) is 11.5. The molecule has 0 bridgehead atoms. The van der Waals surface area contributed by atoms with Crippen LogP contribution in [0.25, 0.3) is 16.6 Å². The number of rotatable bonds is 3. The summed E-state index contributed by atoms with van der Waals surface area (Å²) in [4.78, 5) is 47.7. The summed E-state index contributed by atoms with van der Waals surface area (Å²) in [5, 5.41) is 7.90. The van der Waals surface area contributed by atoms with Crippen molar-refractivity contribution >= 4 is 35.1 Å². The van der Waals surface area contributed by atoms with Gasteiger partial charge >= 0.3 is 12.2 Å². The number of benzene rings is 1. The van der Waals surface area contributed by atoms with Crippen LogP contribution in [0.5, 0.6) is 0 Å². The van der Waals surface area contributed by atoms with E-state index in [1.165, 1.54) is 0 Å². The Morgan fingerprint density at radius 2 is 1.63 bits per heavy atom. The van der Waals surface area contributed by atoms with Gasteiger partial charge in [0.1, 0.15) is 17.0 Å². The fraction of sp³-hybridized carbons (Fsp3) is 0.400. The van der Waals surface area contributed by atoms with Crippen molar-refractivity contribution in [3.63, 3.8) is 0 Å². The number of hydrogen-bond acceptors (Lipinski definition) is 8. The molecule has 0 spiro atoms. The highest BCUT2D eigenvalue weighted by atomic mass is 16.6. The fourth-order valence-electron chi connectivity index (χ4n) is 5.84. The third kappa shape index (κ3) is 6.27. The molecule has 0 aliphatic carbocycles. The van der Waals surface area contributed by atoms with E-state index in [1.807, 2.05) is 74.8 Å². The molecule has 11 heteroatoms. The Kier molecular flexibility index (Phi) is 7.74. The number of hydrogen-bond donors (Lipinski definition) is 1. The zero-order chi connectivity index (χ0) is 33.0. The molecule has 6 rings (SSSR count). The molecule has 3 amide bonds. The topological polar surface area (TPSA) is 118 Å². The maximum Gasteiger partial charge on any atom is 0.417 e. The average molecular weight is 625 g/mol. The molecule has 1 N–H and O–H groups in total. The van der Waals surface area contributed by atoms with Gasteiger partial charge in [0, 0.05) is 24.0 Å². The number of anilines is 2. The van der Waals surface area contributed by atoms with Crippen molar-refractivity contribution in [2.24, 2.45) is 0 Å². The SMILES string of the molecule is Cc1ccc2c(-c3ccc(Nc4ccc5c(n4)CCCN(C(=O)OC(C)(C)C)C5)c4c3CN(C(=O)OC(C)(C)C)C4=O)cnn2c1. The first kappa shape index (κ1) is 31.1. The standard InChI is InChI=1S/C35H40N6O5/c1-21-10-14-28-24(17-36-41(28)18-21)23-12-13-27(30-25(23)20-40(31(30)42)33(44)46-35(5,6)7)38-29-15-11-22-19-39(16-8-9-26(22)37-29)32(43)45-34(2,3)4/h10-15,17-18H,8-9,16,19-20H2,1-7H3,(H,37,38). The monoisotopic (exact) mass is 624 g/mol. The summed E-state index contributed by atoms with van der Waals surface area (Å²) in [6, 6.07) is 11.6. The van der Waals surface area contributed by atoms with Crippen LogP contribution in [0.1, 0.15) is 80.7 Å². The third-order valence-corrected chi connectivity index (χ3v) is 7.84. The van der Waals surface area contributed by atoms with E-state index in [1.54, 1.807) is 31.9 Å². The number of nitrogens with zero attached hydrogens (tertiary/aromatic N) is 5. The van der Waals surface area contributed by atoms with Crippen LogP contribution in [-0.2, 0) is 29.0 Å². The lowest BCUT2D eigenvalue weighted by atomic mass is 9.96. The molecule has 0 atom stereocenters. The first-order valence-corrected chi connectivity index (χ1v) is 15.6. The zero-order valence-electron chi connectivity index (χ0n) is 27.4. The van der Waals surface area contributed by atoms with E-state index in [9.17, 15) is 14.4 Å². The smallest absolute Gasteiger partial charge is 0.417 e. The van der Waals surface area contributed by atoms with Crippen molar-refractivity contribution in [3.05, 3.63) is 76.7 Å². The molecule has 240 valence electrons. The lowest BCUT2D eigenvalue weighted by Crippen LogP contribution is -2.37. The Labute approximate surface area is 268 Å². The average Bonchev–Trinajstić information content (AvgIpc) is 3.45. The highest BCUT2D eigenvalue weighted by Gasteiger charge is 2.39. The zero-order valence-corrected chi connectivity index (χ0v) is 27.4. The van der Waals surface area contributed by atoms with Gasteiger partial charge in [-0.05, 0) is 102 Å². The molecule has 0 radical (unpaired) electrons. The number of imide groups is 1. The number of aryl methyl sites for hydroxylation is 2. The van der Waals surface area contributed by atoms with Crippen LogP contribution in [0.3, 0.4) is 0 Å². The van der Waals surface area contributed by atoms with E-state index in [-0.39, 0.29) is 12.6 Å². The molecule has 0 saturated carbocycles. The van der Waals surface area contributed by atoms with Crippen molar-refractivity contribution in [3.8, 4) is 11.1 Å². The molecular weight excluding hydrogens is 584 g/mol. The first-order chi connectivity index (χ1) is 21.7. The largest absolute Gasteiger partial charge is 0.444 e. The van der Waals surface area contributed by atoms with Gasteiger partial charge in [-0.25, -0.2) is 24.0 Å². The van der Waals surface area contributed by atoms with Gasteiger partial charge in [-0.1, -0.05) is 18.2 Å². The van der Waals surface area contributed by atoms with Crippen LogP contribution in [0, 0.1) is 6.92 Å². The summed E-state index contributed by atoms with van der Waals surface area (Å²) in [7, 11) is 0. The fourth-order valence-corrected chi connectivity index (χ4v) is 5.84. The minimum absolute atomic E-state index is 0.0647. The summed E-state index contributed by atoms with van der Waals surface area (Å²) >= 11 is 0. The molecule has 0 unspecified atom stereocenters. The lowest BCUT2D eigenvalue weighted by molar-refractivity contribution is 0.0228. The molecular formula is C35H40N6O5. The molecule has 0 fully saturated rings. The van der Waals surface area contributed by atoms with Crippen LogP contribution < -0.4 is 5.32 Å². The van der Waals surface area contributed by atoms with Crippen LogP contribution in [-0.4, -0.2) is 60.2 Å². The van der Waals surface area contributed by atoms with Gasteiger partial charge in [0.2, 0.25) is 0 Å². The van der Waals surface area contributed by atoms with Crippen molar-refractivity contribution < 1.29 is 23.9 Å². The van der Waals surface area contributed by atoms with E-state index in [0.717, 1.165) is 44.8 Å². The Morgan fingerprint density at radius 1 is 0.891 bits per heavy atom. The van der Waals surface area contributed by atoms with Gasteiger partial charge in [-0.15, -0.1) is 0 Å². The summed E-state index contributed by atoms with van der Waals surface area (Å²) in [5.74, 6) is 0.123. The van der Waals surface area contributed by atoms with Crippen LogP contribution >= 0.6 is 0 Å². The van der Waals surface area contributed by atoms with Crippen LogP contribution in [0.15, 0.2) is 48.8 Å². The van der Waals surface area contributed by atoms with Gasteiger partial charge in [0.15, 0.2) is 0 Å². The van der Waals surface area contributed by atoms with E-state index in [4.69, 9.17) is 14.5 Å². The van der Waals surface area contributed by atoms with Crippen molar-refractivity contribution in [2.75, 3.05) is 11.9 Å². The molecule has 4 aromatic rings. The van der Waals surface area contributed by atoms with E-state index in [0.29, 0.717) is 42.1 Å². The number of carbonyl (C=O) groups excluding carboxylic acids is 3. The number of ether oxygens (including phenoxy) is 2. The number of carbonyl (C=O) groups is 3. The predicted octanol–water partition coefficient (Wildman–Crippen LogP) is 7.02. The highest BCUT2D eigenvalue weighted by molar-refractivity contribution is 6.12. The number of amides is 3. The minimum Gasteiger partial charge on any atom is -0.444 e. The molecule has 2 aliphatic heterocycles. The number of nitrogens with one attached hydrogen (secondary N) is 1. The molecule has 5 heterocycles. The maximum atomic E-state index is 13.9. The Morgan fingerprint density at radius 3 is 2.37 bits per heavy atom. The van der Waals surface area contributed by atoms with E-state index in [2.05, 4.69) is 10.4 Å². The Bertz CT molecular complexity index is 1870. The van der Waals surface area contributed by atoms with Crippen molar-refractivity contribution in [2.45, 2.75) is 85.6 Å².